The van der Waals surface area contributed by atoms with E-state index in [1.54, 1.807) is 12.1 Å². The van der Waals surface area contributed by atoms with Crippen LogP contribution in [0.3, 0.4) is 0 Å². The van der Waals surface area contributed by atoms with Crippen LogP contribution in [-0.4, -0.2) is 53.5 Å². The molecule has 74 heavy (non-hydrogen) atoms. The molecule has 0 saturated heterocycles. The van der Waals surface area contributed by atoms with Crippen LogP contribution in [0, 0.1) is 0 Å². The Kier molecular flexibility index (Phi) is 19.2. The molecule has 0 spiro atoms. The van der Waals surface area contributed by atoms with Gasteiger partial charge >= 0.3 is 33.7 Å². The Morgan fingerprint density at radius 2 is 1.00 bits per heavy atom. The highest BCUT2D eigenvalue weighted by Crippen LogP contribution is 2.46. The molecule has 0 bridgehead atoms. The van der Waals surface area contributed by atoms with Crippen molar-refractivity contribution in [2.24, 2.45) is 0 Å². The van der Waals surface area contributed by atoms with Crippen LogP contribution in [0.25, 0.3) is 39.1 Å². The number of fused-ring (bicyclic) bond motifs is 6. The number of hydrogen-bond acceptors (Lipinski definition) is 19. The molecule has 0 atom stereocenters. The molecule has 0 aromatic heterocycles. The Hall–Kier alpha value is -6.04. The summed E-state index contributed by atoms with van der Waals surface area (Å²) in [6, 6.07) is 39.9. The third-order valence-corrected chi connectivity index (χ3v) is 12.6. The lowest BCUT2D eigenvalue weighted by molar-refractivity contribution is -0.777. The lowest BCUT2D eigenvalue weighted by Gasteiger charge is -2.17. The summed E-state index contributed by atoms with van der Waals surface area (Å²) in [5, 5.41) is 27.1. The summed E-state index contributed by atoms with van der Waals surface area (Å²) in [7, 11) is 0. The first kappa shape index (κ1) is 55.7. The van der Waals surface area contributed by atoms with Gasteiger partial charge in [-0.1, -0.05) is 127 Å². The van der Waals surface area contributed by atoms with Gasteiger partial charge in [-0.25, -0.2) is 14.4 Å². The summed E-state index contributed by atoms with van der Waals surface area (Å²) >= 11 is -2.14. The number of alkyl halides is 6. The molecule has 16 nitrogen and oxygen atoms in total. The molecule has 25 heteroatoms. The van der Waals surface area contributed by atoms with Crippen molar-refractivity contribution in [3.63, 3.8) is 0 Å². The maximum atomic E-state index is 13.4. The highest BCUT2D eigenvalue weighted by Gasteiger charge is 2.46. The van der Waals surface area contributed by atoms with Crippen LogP contribution >= 0.6 is 36.1 Å². The zero-order valence-electron chi connectivity index (χ0n) is 37.5. The highest BCUT2D eigenvalue weighted by atomic mass is 32.2. The van der Waals surface area contributed by atoms with Crippen molar-refractivity contribution in [1.29, 1.82) is 0 Å². The predicted molar refractivity (Wildman–Crippen MR) is 246 cm³/mol. The Balaban J connectivity index is 0.000000162. The molecule has 0 heterocycles. The summed E-state index contributed by atoms with van der Waals surface area (Å²) in [6.45, 7) is -1.04. The highest BCUT2D eigenvalue weighted by molar-refractivity contribution is 7.96. The van der Waals surface area contributed by atoms with Crippen LogP contribution < -0.4 is 15.8 Å². The summed E-state index contributed by atoms with van der Waals surface area (Å²) in [6.07, 6.45) is 4.43. The Morgan fingerprint density at radius 3 is 1.51 bits per heavy atom. The first-order valence-corrected chi connectivity index (χ1v) is 23.6. The fraction of sp³-hybridized carbons (Fsp3) is 0.204. The van der Waals surface area contributed by atoms with Gasteiger partial charge in [-0.05, 0) is 90.5 Å². The van der Waals surface area contributed by atoms with Crippen molar-refractivity contribution in [2.45, 2.75) is 40.8 Å². The summed E-state index contributed by atoms with van der Waals surface area (Å²) in [5.74, 6) is -5.80. The van der Waals surface area contributed by atoms with E-state index in [-0.39, 0.29) is 38.4 Å². The van der Waals surface area contributed by atoms with Crippen LogP contribution in [0.15, 0.2) is 133 Å². The molecule has 0 amide bonds. The molecule has 3 aliphatic rings. The third kappa shape index (κ3) is 13.4. The van der Waals surface area contributed by atoms with Crippen LogP contribution in [0.2, 0.25) is 0 Å². The van der Waals surface area contributed by atoms with Gasteiger partial charge in [0.05, 0.1) is 6.61 Å². The Bertz CT molecular complexity index is 2880. The zero-order chi connectivity index (χ0) is 52.9. The van der Waals surface area contributed by atoms with Crippen molar-refractivity contribution in [2.75, 3.05) is 19.8 Å². The average molecular weight is 1090 g/mol. The summed E-state index contributed by atoms with van der Waals surface area (Å²) in [4.78, 5) is 34.2. The van der Waals surface area contributed by atoms with Gasteiger partial charge in [0.1, 0.15) is 62.1 Å². The molecule has 3 aliphatic carbocycles. The van der Waals surface area contributed by atoms with E-state index in [2.05, 4.69) is 37.6 Å². The number of allylic oxidation sites excluding steroid dienone is 1. The molecule has 6 aromatic carbocycles. The molecule has 0 fully saturated rings. The molecule has 9 rings (SSSR count). The van der Waals surface area contributed by atoms with Gasteiger partial charge in [-0.15, -0.1) is 0 Å². The van der Waals surface area contributed by atoms with Crippen molar-refractivity contribution in [1.82, 2.24) is 0 Å². The van der Waals surface area contributed by atoms with Gasteiger partial charge in [0.15, 0.2) is 0 Å². The normalized spacial score (nSPS) is 13.4. The molecule has 0 saturated carbocycles. The maximum absolute atomic E-state index is 13.4. The number of hydrogen-bond donors (Lipinski definition) is 0. The zero-order valence-corrected chi connectivity index (χ0v) is 39.9. The minimum Gasteiger partial charge on any atom is -0.691 e. The van der Waals surface area contributed by atoms with E-state index in [1.165, 1.54) is 5.56 Å². The van der Waals surface area contributed by atoms with Crippen molar-refractivity contribution >= 4 is 70.9 Å². The van der Waals surface area contributed by atoms with Crippen molar-refractivity contribution in [3.8, 4) is 22.3 Å². The van der Waals surface area contributed by atoms with Crippen LogP contribution in [0.4, 0.5) is 26.3 Å². The molecule has 0 radical (unpaired) electrons. The molecular weight excluding hydrogens is 1050 g/mol. The van der Waals surface area contributed by atoms with Gasteiger partial charge in [0, 0.05) is 5.92 Å². The van der Waals surface area contributed by atoms with Gasteiger partial charge in [0.25, 0.3) is 0 Å². The second-order valence-electron chi connectivity index (χ2n) is 15.5. The van der Waals surface area contributed by atoms with Gasteiger partial charge < -0.3 is 34.7 Å². The van der Waals surface area contributed by atoms with Gasteiger partial charge in [-0.3, -0.25) is 15.1 Å². The third-order valence-electron chi connectivity index (χ3n) is 11.1. The number of carbonyl (C=O) groups excluding carboxylic acids is 3. The smallest absolute Gasteiger partial charge is 0.415 e. The largest absolute Gasteiger partial charge is 0.691 e. The van der Waals surface area contributed by atoms with Crippen molar-refractivity contribution in [3.05, 3.63) is 172 Å². The second-order valence-corrected chi connectivity index (χ2v) is 17.9. The average Bonchev–Trinajstić information content (AvgIpc) is 3.91. The fourth-order valence-electron chi connectivity index (χ4n) is 8.16. The number of halogens is 6. The minimum absolute atomic E-state index is 0.0846. The number of ether oxygens (including phenoxy) is 4. The van der Waals surface area contributed by atoms with Crippen LogP contribution in [0.1, 0.15) is 51.0 Å². The van der Waals surface area contributed by atoms with Gasteiger partial charge in [-0.2, -0.15) is 39.3 Å². The van der Waals surface area contributed by atoms with E-state index < -0.39 is 69.8 Å². The predicted octanol–water partition coefficient (Wildman–Crippen LogP) is 8.50. The minimum atomic E-state index is -4.06. The lowest BCUT2D eigenvalue weighted by atomic mass is 9.91. The first-order chi connectivity index (χ1) is 35.6. The monoisotopic (exact) mass is 1090 g/mol. The number of benzene rings is 6. The molecule has 6 aromatic rings. The maximum Gasteiger partial charge on any atom is 0.415 e. The van der Waals surface area contributed by atoms with Crippen LogP contribution in [0.5, 0.6) is 0 Å². The molecule has 0 unspecified atom stereocenters. The summed E-state index contributed by atoms with van der Waals surface area (Å²) in [5.41, 5.74) is 10.5. The topological polar surface area (TPSA) is 213 Å². The molecule has 390 valence electrons. The summed E-state index contributed by atoms with van der Waals surface area (Å²) < 4.78 is 110. The molecule has 0 N–H and O–H groups in total. The van der Waals surface area contributed by atoms with Crippen molar-refractivity contribution < 1.29 is 104 Å². The van der Waals surface area contributed by atoms with Gasteiger partial charge in [0.2, 0.25) is 0 Å². The fourth-order valence-corrected chi connectivity index (χ4v) is 8.88. The van der Waals surface area contributed by atoms with E-state index in [0.29, 0.717) is 5.56 Å². The lowest BCUT2D eigenvalue weighted by Crippen LogP contribution is -2.29. The van der Waals surface area contributed by atoms with E-state index in [9.17, 15) is 56.5 Å². The van der Waals surface area contributed by atoms with E-state index in [0.717, 1.165) is 67.3 Å². The Labute approximate surface area is 428 Å². The first-order valence-electron chi connectivity index (χ1n) is 21.4. The van der Waals surface area contributed by atoms with E-state index >= 15 is 0 Å². The number of esters is 3. The number of carbonyl (C=O) groups is 3. The molecular formula is C49H35F6O16S3-3. The standard InChI is InChI=1S/C17H14F2O6S.2C16H12F2O5S/c18-17(19,26-25-24-21)16(20)23-10-9-22-15-13-7-3-1-5-11(13)12-6-2-4-8-14(12)15;17-16(18,24-23-22-20)15(19)21-9-10-7-12-5-1-3-11-4-2-6-13(8-10)14(11)12;17-16(18,24-23-22-20)15(19)21-9-14-12-7-3-1-5-10(12)11-6-2-4-8-13(11)14/h1-8,15,21H,9-10H2;1-3,5-8,20H,4,9H2;1-8,14,20H,9H2/p-3. The van der Waals surface area contributed by atoms with Crippen LogP contribution in [-0.2, 0) is 74.5 Å². The second kappa shape index (κ2) is 25.5. The number of rotatable bonds is 20. The quantitative estimate of drug-likeness (QED) is 0.0133. The Morgan fingerprint density at radius 1 is 0.541 bits per heavy atom. The van der Waals surface area contributed by atoms with E-state index in [1.807, 2.05) is 127 Å². The van der Waals surface area contributed by atoms with E-state index in [4.69, 9.17) is 9.47 Å². The molecule has 0 aliphatic heterocycles. The SMILES string of the molecule is O=C(OCC1c2ccccc2-c2ccccc21)C(F)(F)SOO[O-].O=C(OCCOC1c2ccccc2-c2ccccc21)C(F)(F)SOO[O-].O=C(OCc1cc2c3c(cccc3c1)CC=C2)C(F)(F)SOO[O-].